The van der Waals surface area contributed by atoms with Crippen LogP contribution in [0.15, 0.2) is 48.7 Å². The molecule has 0 unspecified atom stereocenters. The number of aromatic nitrogens is 2. The highest BCUT2D eigenvalue weighted by Gasteiger charge is 2.56. The first-order valence-corrected chi connectivity index (χ1v) is 15.2. The van der Waals surface area contributed by atoms with E-state index in [0.717, 1.165) is 50.8 Å². The lowest BCUT2D eigenvalue weighted by atomic mass is 9.79. The molecule has 214 valence electrons. The molecule has 1 aliphatic heterocycles. The van der Waals surface area contributed by atoms with Gasteiger partial charge in [0.2, 0.25) is 0 Å². The Morgan fingerprint density at radius 3 is 2.35 bits per heavy atom. The summed E-state index contributed by atoms with van der Waals surface area (Å²) in [7, 11) is -1.04. The van der Waals surface area contributed by atoms with Crippen LogP contribution in [0.1, 0.15) is 24.0 Å². The second-order valence-electron chi connectivity index (χ2n) is 11.1. The van der Waals surface area contributed by atoms with Gasteiger partial charge < -0.3 is 0 Å². The van der Waals surface area contributed by atoms with E-state index >= 15 is 0 Å². The summed E-state index contributed by atoms with van der Waals surface area (Å²) in [4.78, 5) is 4.67. The second kappa shape index (κ2) is 9.83. The standard InChI is InChI=1S/C27H29F4N5O2S2/c1-34(2)40(37,38)36-14-24(17-5-9-23(28)10-6-17)32-25(36)19-4-3-18-12-21-7-8-22(13-20(18)11-19)26(21)15-35(39-33-26)16-27(29,30)31/h3-6,9-11,14,21-22,33H,7-8,12-13,15-16H2,1-2H3/t21-,22+,26+/m0/s1. The SMILES string of the molecule is CN(C)S(=O)(=O)n1cc(-c2ccc(F)cc2)nc1-c1ccc2c(c1)C[C@H]1CC[C@@H](C2)[C@]12CN(CC(F)(F)F)SN2. The van der Waals surface area contributed by atoms with Crippen molar-refractivity contribution >= 4 is 22.3 Å². The van der Waals surface area contributed by atoms with Crippen LogP contribution < -0.4 is 4.72 Å². The molecule has 3 aromatic rings. The smallest absolute Gasteiger partial charge is 0.243 e. The topological polar surface area (TPSA) is 70.5 Å². The summed E-state index contributed by atoms with van der Waals surface area (Å²) in [5.74, 6) is 0.195. The molecular weight excluding hydrogens is 566 g/mol. The summed E-state index contributed by atoms with van der Waals surface area (Å²) in [6, 6.07) is 11.5. The molecule has 0 amide bonds. The van der Waals surface area contributed by atoms with Crippen LogP contribution in [0.4, 0.5) is 17.6 Å². The van der Waals surface area contributed by atoms with Gasteiger partial charge in [-0.1, -0.05) is 12.1 Å². The number of nitrogens with one attached hydrogen (secondary N) is 1. The van der Waals surface area contributed by atoms with E-state index in [9.17, 15) is 26.0 Å². The highest BCUT2D eigenvalue weighted by atomic mass is 32.2. The van der Waals surface area contributed by atoms with Gasteiger partial charge in [0.05, 0.1) is 11.9 Å². The van der Waals surface area contributed by atoms with Gasteiger partial charge in [-0.15, -0.1) is 0 Å². The predicted octanol–water partition coefficient (Wildman–Crippen LogP) is 4.91. The summed E-state index contributed by atoms with van der Waals surface area (Å²) in [5, 5.41) is 0. The van der Waals surface area contributed by atoms with Gasteiger partial charge in [-0.3, -0.25) is 0 Å². The van der Waals surface area contributed by atoms with Crippen molar-refractivity contribution in [3.8, 4) is 22.6 Å². The molecule has 1 aromatic heterocycles. The molecule has 1 spiro atoms. The number of halogens is 4. The first-order chi connectivity index (χ1) is 18.9. The van der Waals surface area contributed by atoms with Crippen LogP contribution in [-0.4, -0.2) is 64.9 Å². The third kappa shape index (κ3) is 4.85. The molecule has 1 N–H and O–H groups in total. The Morgan fingerprint density at radius 2 is 1.70 bits per heavy atom. The number of benzene rings is 2. The largest absolute Gasteiger partial charge is 0.402 e. The first-order valence-electron chi connectivity index (χ1n) is 13.0. The van der Waals surface area contributed by atoms with E-state index in [1.54, 1.807) is 12.1 Å². The van der Waals surface area contributed by atoms with Crippen molar-refractivity contribution in [2.75, 3.05) is 27.2 Å². The van der Waals surface area contributed by atoms with Crippen molar-refractivity contribution < 1.29 is 26.0 Å². The van der Waals surface area contributed by atoms with Gasteiger partial charge >= 0.3 is 16.4 Å². The number of alkyl halides is 3. The Labute approximate surface area is 235 Å². The zero-order valence-electron chi connectivity index (χ0n) is 21.9. The first kappa shape index (κ1) is 27.7. The summed E-state index contributed by atoms with van der Waals surface area (Å²) in [5.41, 5.74) is 3.38. The van der Waals surface area contributed by atoms with Crippen LogP contribution >= 0.6 is 12.1 Å². The Hall–Kier alpha value is -2.45. The number of fused-ring (bicyclic) bond motifs is 1. The van der Waals surface area contributed by atoms with E-state index in [2.05, 4.69) is 9.71 Å². The van der Waals surface area contributed by atoms with Crippen LogP contribution in [0.5, 0.6) is 0 Å². The molecule has 40 heavy (non-hydrogen) atoms. The molecule has 6 rings (SSSR count). The Kier molecular flexibility index (Phi) is 6.81. The monoisotopic (exact) mass is 595 g/mol. The van der Waals surface area contributed by atoms with Crippen molar-refractivity contribution in [2.45, 2.75) is 37.4 Å². The maximum atomic E-state index is 13.5. The average Bonchev–Trinajstić information content (AvgIpc) is 3.55. The quantitative estimate of drug-likeness (QED) is 0.334. The summed E-state index contributed by atoms with van der Waals surface area (Å²) in [6.07, 6.45) is 0.467. The number of hydrogen-bond donors (Lipinski definition) is 1. The van der Waals surface area contributed by atoms with Crippen LogP contribution in [-0.2, 0) is 23.1 Å². The minimum absolute atomic E-state index is 0.153. The molecule has 7 nitrogen and oxygen atoms in total. The van der Waals surface area contributed by atoms with E-state index in [1.165, 1.54) is 36.7 Å². The van der Waals surface area contributed by atoms with Crippen molar-refractivity contribution in [2.24, 2.45) is 11.8 Å². The maximum absolute atomic E-state index is 13.5. The van der Waals surface area contributed by atoms with Gasteiger partial charge in [-0.2, -0.15) is 25.9 Å². The minimum Gasteiger partial charge on any atom is -0.243 e. The van der Waals surface area contributed by atoms with Crippen LogP contribution in [0.25, 0.3) is 22.6 Å². The lowest BCUT2D eigenvalue weighted by Crippen LogP contribution is -2.51. The maximum Gasteiger partial charge on any atom is 0.402 e. The molecule has 2 heterocycles. The third-order valence-corrected chi connectivity index (χ3v) is 11.1. The third-order valence-electron chi connectivity index (χ3n) is 8.40. The summed E-state index contributed by atoms with van der Waals surface area (Å²) >= 11 is 1.07. The van der Waals surface area contributed by atoms with E-state index < -0.39 is 34.3 Å². The van der Waals surface area contributed by atoms with Crippen LogP contribution in [0.3, 0.4) is 0 Å². The number of nitrogens with zero attached hydrogens (tertiary/aromatic N) is 4. The molecule has 2 aromatic carbocycles. The number of rotatable bonds is 5. The van der Waals surface area contributed by atoms with Crippen LogP contribution in [0.2, 0.25) is 0 Å². The van der Waals surface area contributed by atoms with E-state index in [0.29, 0.717) is 29.8 Å². The highest BCUT2D eigenvalue weighted by molar-refractivity contribution is 7.95. The number of imidazole rings is 1. The molecule has 3 atom stereocenters. The molecule has 1 saturated carbocycles. The summed E-state index contributed by atoms with van der Waals surface area (Å²) in [6.45, 7) is -0.623. The van der Waals surface area contributed by atoms with Crippen molar-refractivity contribution in [1.29, 1.82) is 0 Å². The van der Waals surface area contributed by atoms with Crippen LogP contribution in [0, 0.1) is 17.7 Å². The molecule has 0 radical (unpaired) electrons. The lowest BCUT2D eigenvalue weighted by molar-refractivity contribution is -0.135. The van der Waals surface area contributed by atoms with E-state index in [4.69, 9.17) is 0 Å². The zero-order valence-corrected chi connectivity index (χ0v) is 23.6. The van der Waals surface area contributed by atoms with E-state index in [1.807, 2.05) is 18.2 Å². The highest BCUT2D eigenvalue weighted by Crippen LogP contribution is 2.52. The Bertz CT molecular complexity index is 1540. The zero-order chi connectivity index (χ0) is 28.4. The molecular formula is C27H29F4N5O2S2. The van der Waals surface area contributed by atoms with Gasteiger partial charge in [0.25, 0.3) is 0 Å². The molecule has 2 aliphatic carbocycles. The second-order valence-corrected chi connectivity index (χ2v) is 14.0. The molecule has 2 fully saturated rings. The molecule has 13 heteroatoms. The van der Waals surface area contributed by atoms with Crippen molar-refractivity contribution in [3.05, 3.63) is 65.6 Å². The van der Waals surface area contributed by atoms with Gasteiger partial charge in [0, 0.05) is 49.4 Å². The van der Waals surface area contributed by atoms with E-state index in [-0.39, 0.29) is 17.7 Å². The van der Waals surface area contributed by atoms with Crippen molar-refractivity contribution in [3.63, 3.8) is 0 Å². The van der Waals surface area contributed by atoms with Crippen molar-refractivity contribution in [1.82, 2.24) is 22.3 Å². The Balaban J connectivity index is 1.36. The molecule has 1 saturated heterocycles. The summed E-state index contributed by atoms with van der Waals surface area (Å²) < 4.78 is 86.4. The van der Waals surface area contributed by atoms with Gasteiger partial charge in [-0.25, -0.2) is 22.4 Å². The lowest BCUT2D eigenvalue weighted by Gasteiger charge is -2.34. The van der Waals surface area contributed by atoms with Gasteiger partial charge in [0.15, 0.2) is 5.82 Å². The molecule has 3 aliphatic rings. The average molecular weight is 596 g/mol. The number of hydrogen-bond acceptors (Lipinski definition) is 6. The fourth-order valence-corrected chi connectivity index (χ4v) is 8.53. The van der Waals surface area contributed by atoms with Gasteiger partial charge in [-0.05, 0) is 79.0 Å². The Morgan fingerprint density at radius 1 is 1.05 bits per heavy atom. The molecule has 2 bridgehead atoms. The fourth-order valence-electron chi connectivity index (χ4n) is 6.39. The minimum atomic E-state index is -4.26. The van der Waals surface area contributed by atoms with Gasteiger partial charge in [0.1, 0.15) is 12.4 Å². The fraction of sp³-hybridized carbons (Fsp3) is 0.444. The predicted molar refractivity (Wildman–Crippen MR) is 146 cm³/mol. The normalized spacial score (nSPS) is 25.1.